The van der Waals surface area contributed by atoms with Crippen LogP contribution < -0.4 is 5.32 Å². The van der Waals surface area contributed by atoms with Crippen molar-refractivity contribution in [2.24, 2.45) is 0 Å². The first-order chi connectivity index (χ1) is 11.2. The van der Waals surface area contributed by atoms with Crippen molar-refractivity contribution >= 4 is 27.5 Å². The van der Waals surface area contributed by atoms with E-state index in [4.69, 9.17) is 11.6 Å². The van der Waals surface area contributed by atoms with Crippen LogP contribution in [0.1, 0.15) is 24.2 Å². The molecule has 1 aromatic carbocycles. The Morgan fingerprint density at radius 1 is 1.38 bits per heavy atom. The zero-order valence-corrected chi connectivity index (χ0v) is 14.8. The Bertz CT molecular complexity index is 706. The highest BCUT2D eigenvalue weighted by Gasteiger charge is 2.25. The van der Waals surface area contributed by atoms with Crippen LogP contribution in [-0.4, -0.2) is 50.0 Å². The Labute approximate surface area is 144 Å². The van der Waals surface area contributed by atoms with Gasteiger partial charge in [-0.05, 0) is 18.2 Å². The smallest absolute Gasteiger partial charge is 0.294 e. The third kappa shape index (κ3) is 5.05. The van der Waals surface area contributed by atoms with Crippen molar-refractivity contribution in [3.8, 4) is 0 Å². The minimum Gasteiger partial charge on any atom is -0.350 e. The fraction of sp³-hybridized carbons (Fsp3) is 0.462. The second-order valence-electron chi connectivity index (χ2n) is 4.55. The van der Waals surface area contributed by atoms with Crippen molar-refractivity contribution < 1.29 is 23.1 Å². The highest BCUT2D eigenvalue weighted by Crippen LogP contribution is 2.25. The van der Waals surface area contributed by atoms with E-state index >= 15 is 0 Å². The molecule has 1 rings (SSSR count). The Morgan fingerprint density at radius 3 is 2.54 bits per heavy atom. The molecule has 0 bridgehead atoms. The van der Waals surface area contributed by atoms with Gasteiger partial charge in [0.25, 0.3) is 11.0 Å². The number of halogens is 1. The number of hydrogen-bond acceptors (Lipinski definition) is 6. The number of sulfonamides is 1. The molecule has 11 heteroatoms. The molecule has 0 saturated carbocycles. The molecule has 24 heavy (non-hydrogen) atoms. The molecule has 1 amide bonds. The molecule has 0 spiro atoms. The molecule has 0 heterocycles. The maximum atomic E-state index is 12.5. The molecule has 0 unspecified atom stereocenters. The van der Waals surface area contributed by atoms with Crippen LogP contribution in [0.15, 0.2) is 23.1 Å². The van der Waals surface area contributed by atoms with Gasteiger partial charge in [0.1, 0.15) is 11.5 Å². The normalized spacial score (nSPS) is 11.3. The van der Waals surface area contributed by atoms with Crippen LogP contribution in [0.3, 0.4) is 0 Å². The Balaban J connectivity index is 2.97. The molecular weight excluding hydrogens is 362 g/mol. The van der Waals surface area contributed by atoms with Gasteiger partial charge in [-0.25, -0.2) is 8.42 Å². The molecule has 0 saturated heterocycles. The summed E-state index contributed by atoms with van der Waals surface area (Å²) in [5.41, 5.74) is 0.0752. The third-order valence-corrected chi connectivity index (χ3v) is 5.63. The van der Waals surface area contributed by atoms with E-state index in [0.29, 0.717) is 0 Å². The number of nitrogens with one attached hydrogen (secondary N) is 1. The summed E-state index contributed by atoms with van der Waals surface area (Å²) in [6, 6.07) is 3.87. The first kappa shape index (κ1) is 20.1. The van der Waals surface area contributed by atoms with Crippen molar-refractivity contribution in [1.29, 1.82) is 0 Å². The number of rotatable bonds is 9. The number of nitrogens with zero attached hydrogens (tertiary/aromatic N) is 2. The summed E-state index contributed by atoms with van der Waals surface area (Å²) >= 11 is 5.97. The molecule has 0 atom stereocenters. The monoisotopic (exact) mass is 379 g/mol. The highest BCUT2D eigenvalue weighted by molar-refractivity contribution is 7.89. The number of benzene rings is 1. The summed E-state index contributed by atoms with van der Waals surface area (Å²) < 4.78 is 26.3. The van der Waals surface area contributed by atoms with Crippen LogP contribution in [0, 0.1) is 10.1 Å². The van der Waals surface area contributed by atoms with Crippen LogP contribution in [0.5, 0.6) is 0 Å². The van der Waals surface area contributed by atoms with Gasteiger partial charge in [0.05, 0.1) is 5.02 Å². The van der Waals surface area contributed by atoms with Gasteiger partial charge >= 0.3 is 0 Å². The maximum absolute atomic E-state index is 12.5. The van der Waals surface area contributed by atoms with Crippen molar-refractivity contribution in [2.75, 3.05) is 26.2 Å². The van der Waals surface area contributed by atoms with Gasteiger partial charge in [-0.2, -0.15) is 4.31 Å². The number of amides is 1. The lowest BCUT2D eigenvalue weighted by Gasteiger charge is -2.19. The van der Waals surface area contributed by atoms with Crippen molar-refractivity contribution in [3.63, 3.8) is 0 Å². The lowest BCUT2D eigenvalue weighted by molar-refractivity contribution is -0.757. The van der Waals surface area contributed by atoms with Gasteiger partial charge in [0, 0.05) is 25.2 Å². The molecule has 0 aliphatic heterocycles. The van der Waals surface area contributed by atoms with Crippen LogP contribution in [0.2, 0.25) is 5.02 Å². The molecule has 9 nitrogen and oxygen atoms in total. The average Bonchev–Trinajstić information content (AvgIpc) is 2.52. The van der Waals surface area contributed by atoms with Gasteiger partial charge in [-0.15, -0.1) is 10.1 Å². The molecule has 0 radical (unpaired) electrons. The highest BCUT2D eigenvalue weighted by atomic mass is 35.5. The van der Waals surface area contributed by atoms with E-state index in [1.165, 1.54) is 22.5 Å². The van der Waals surface area contributed by atoms with Crippen LogP contribution in [-0.2, 0) is 14.9 Å². The van der Waals surface area contributed by atoms with E-state index in [0.717, 1.165) is 0 Å². The predicted octanol–water partition coefficient (Wildman–Crippen LogP) is 1.31. The Kier molecular flexibility index (Phi) is 7.39. The van der Waals surface area contributed by atoms with Crippen molar-refractivity contribution in [1.82, 2.24) is 9.62 Å². The molecule has 1 aromatic rings. The summed E-state index contributed by atoms with van der Waals surface area (Å²) in [5, 5.41) is 11.4. The number of carbonyl (C=O) groups is 1. The summed E-state index contributed by atoms with van der Waals surface area (Å²) in [4.78, 5) is 25.9. The summed E-state index contributed by atoms with van der Waals surface area (Å²) in [6.07, 6.45) is 0. The van der Waals surface area contributed by atoms with Gasteiger partial charge in [0.2, 0.25) is 10.0 Å². The van der Waals surface area contributed by atoms with Gasteiger partial charge in [-0.1, -0.05) is 25.4 Å². The summed E-state index contributed by atoms with van der Waals surface area (Å²) in [6.45, 7) is 3.52. The number of hydrogen-bond donors (Lipinski definition) is 1. The zero-order valence-electron chi connectivity index (χ0n) is 13.2. The van der Waals surface area contributed by atoms with E-state index in [9.17, 15) is 23.3 Å². The lowest BCUT2D eigenvalue weighted by atomic mass is 10.2. The Hall–Kier alpha value is -1.91. The molecule has 0 aliphatic rings. The summed E-state index contributed by atoms with van der Waals surface area (Å²) in [7, 11) is -3.82. The fourth-order valence-electron chi connectivity index (χ4n) is 1.93. The molecule has 134 valence electrons. The quantitative estimate of drug-likeness (QED) is 0.392. The minimum absolute atomic E-state index is 0.00938. The SMILES string of the molecule is CCN(CC)S(=O)(=O)c1cc(C(=O)NCCO[N+](=O)[O-])ccc1Cl. The topological polar surface area (TPSA) is 119 Å². The number of carbonyl (C=O) groups excluding carboxylic acids is 1. The molecule has 0 aliphatic carbocycles. The molecule has 0 aromatic heterocycles. The van der Waals surface area contributed by atoms with Crippen LogP contribution in [0.4, 0.5) is 0 Å². The standard InChI is InChI=1S/C13H18ClN3O6S/c1-3-16(4-2)24(21,22)12-9-10(5-6-11(12)14)13(18)15-7-8-23-17(19)20/h5-6,9H,3-4,7-8H2,1-2H3,(H,15,18). The average molecular weight is 380 g/mol. The summed E-state index contributed by atoms with van der Waals surface area (Å²) in [5.74, 6) is -0.588. The van der Waals surface area contributed by atoms with Crippen LogP contribution >= 0.6 is 11.6 Å². The van der Waals surface area contributed by atoms with E-state index in [1.54, 1.807) is 13.8 Å². The maximum Gasteiger partial charge on any atom is 0.294 e. The first-order valence-corrected chi connectivity index (χ1v) is 8.91. The van der Waals surface area contributed by atoms with E-state index in [1.807, 2.05) is 0 Å². The lowest BCUT2D eigenvalue weighted by Crippen LogP contribution is -2.31. The largest absolute Gasteiger partial charge is 0.350 e. The van der Waals surface area contributed by atoms with Gasteiger partial charge < -0.3 is 10.2 Å². The molecule has 0 fully saturated rings. The first-order valence-electron chi connectivity index (χ1n) is 7.09. The second kappa shape index (κ2) is 8.81. The molecule has 1 N–H and O–H groups in total. The van der Waals surface area contributed by atoms with Gasteiger partial charge in [0.15, 0.2) is 0 Å². The zero-order chi connectivity index (χ0) is 18.3. The third-order valence-electron chi connectivity index (χ3n) is 3.10. The Morgan fingerprint density at radius 2 is 2.00 bits per heavy atom. The van der Waals surface area contributed by atoms with E-state index in [2.05, 4.69) is 10.2 Å². The fourth-order valence-corrected chi connectivity index (χ4v) is 3.89. The van der Waals surface area contributed by atoms with Gasteiger partial charge in [-0.3, -0.25) is 4.79 Å². The van der Waals surface area contributed by atoms with E-state index in [-0.39, 0.29) is 41.7 Å². The minimum atomic E-state index is -3.82. The van der Waals surface area contributed by atoms with Crippen molar-refractivity contribution in [2.45, 2.75) is 18.7 Å². The second-order valence-corrected chi connectivity index (χ2v) is 6.86. The van der Waals surface area contributed by atoms with Crippen LogP contribution in [0.25, 0.3) is 0 Å². The molecular formula is C13H18ClN3O6S. The van der Waals surface area contributed by atoms with Crippen molar-refractivity contribution in [3.05, 3.63) is 38.9 Å². The predicted molar refractivity (Wildman–Crippen MR) is 86.8 cm³/mol. The van der Waals surface area contributed by atoms with E-state index < -0.39 is 21.0 Å².